The summed E-state index contributed by atoms with van der Waals surface area (Å²) in [4.78, 5) is 0. The van der Waals surface area contributed by atoms with E-state index in [1.54, 1.807) is 6.07 Å². The van der Waals surface area contributed by atoms with Gasteiger partial charge >= 0.3 is 0 Å². The van der Waals surface area contributed by atoms with Gasteiger partial charge in [0.15, 0.2) is 11.6 Å². The number of hydrogen-bond acceptors (Lipinski definition) is 0. The predicted molar refractivity (Wildman–Crippen MR) is 86.8 cm³/mol. The molecule has 0 bridgehead atoms. The quantitative estimate of drug-likeness (QED) is 0.570. The van der Waals surface area contributed by atoms with Gasteiger partial charge in [-0.05, 0) is 53.5 Å². The summed E-state index contributed by atoms with van der Waals surface area (Å²) in [6, 6.07) is 12.4. The van der Waals surface area contributed by atoms with Crippen molar-refractivity contribution in [2.75, 3.05) is 0 Å². The Labute approximate surface area is 131 Å². The lowest BCUT2D eigenvalue weighted by atomic mass is 9.90. The van der Waals surface area contributed by atoms with Crippen LogP contribution < -0.4 is 0 Å². The molecule has 1 aliphatic carbocycles. The van der Waals surface area contributed by atoms with Crippen LogP contribution in [0.15, 0.2) is 42.5 Å². The summed E-state index contributed by atoms with van der Waals surface area (Å²) in [5.41, 5.74) is 3.03. The molecule has 0 spiro atoms. The first kappa shape index (κ1) is 15.2. The zero-order chi connectivity index (χ0) is 15.5. The average molecular weight is 300 g/mol. The molecule has 2 aromatic rings. The van der Waals surface area contributed by atoms with Gasteiger partial charge in [0.2, 0.25) is 0 Å². The molecule has 0 aromatic heterocycles. The third-order valence-electron chi connectivity index (χ3n) is 4.89. The van der Waals surface area contributed by atoms with Gasteiger partial charge in [-0.3, -0.25) is 0 Å². The standard InChI is InChI=1S/C20H22F2/c1-14-3-2-4-15(6-5-14)16-7-9-17(10-8-16)18-11-12-19(21)20(22)13-18/h7-15H,2-6H2,1H3. The second-order valence-corrected chi connectivity index (χ2v) is 6.56. The Morgan fingerprint density at radius 3 is 2.23 bits per heavy atom. The molecule has 1 saturated carbocycles. The number of halogens is 2. The van der Waals surface area contributed by atoms with Crippen LogP contribution in [0.1, 0.15) is 50.5 Å². The molecule has 1 fully saturated rings. The van der Waals surface area contributed by atoms with Crippen molar-refractivity contribution in [3.05, 3.63) is 59.7 Å². The molecule has 0 nitrogen and oxygen atoms in total. The van der Waals surface area contributed by atoms with Crippen LogP contribution >= 0.6 is 0 Å². The molecule has 0 radical (unpaired) electrons. The van der Waals surface area contributed by atoms with Crippen molar-refractivity contribution >= 4 is 0 Å². The van der Waals surface area contributed by atoms with Crippen molar-refractivity contribution in [3.63, 3.8) is 0 Å². The summed E-state index contributed by atoms with van der Waals surface area (Å²) >= 11 is 0. The van der Waals surface area contributed by atoms with E-state index < -0.39 is 11.6 Å². The van der Waals surface area contributed by atoms with Crippen LogP contribution in [0.3, 0.4) is 0 Å². The lowest BCUT2D eigenvalue weighted by molar-refractivity contribution is 0.499. The minimum Gasteiger partial charge on any atom is -0.204 e. The third kappa shape index (κ3) is 3.37. The second-order valence-electron chi connectivity index (χ2n) is 6.56. The first-order valence-corrected chi connectivity index (χ1v) is 8.19. The molecule has 3 rings (SSSR count). The Balaban J connectivity index is 1.78. The van der Waals surface area contributed by atoms with Crippen molar-refractivity contribution in [3.8, 4) is 11.1 Å². The molecule has 0 amide bonds. The highest BCUT2D eigenvalue weighted by molar-refractivity contribution is 5.63. The zero-order valence-electron chi connectivity index (χ0n) is 13.0. The van der Waals surface area contributed by atoms with E-state index in [1.165, 1.54) is 49.8 Å². The fourth-order valence-corrected chi connectivity index (χ4v) is 3.44. The average Bonchev–Trinajstić information content (AvgIpc) is 2.75. The fraction of sp³-hybridized carbons (Fsp3) is 0.400. The predicted octanol–water partition coefficient (Wildman–Crippen LogP) is 6.32. The molecule has 0 saturated heterocycles. The van der Waals surface area contributed by atoms with Gasteiger partial charge in [0.25, 0.3) is 0 Å². The van der Waals surface area contributed by atoms with E-state index in [-0.39, 0.29) is 0 Å². The maximum Gasteiger partial charge on any atom is 0.159 e. The van der Waals surface area contributed by atoms with Gasteiger partial charge in [-0.15, -0.1) is 0 Å². The van der Waals surface area contributed by atoms with Gasteiger partial charge in [0.1, 0.15) is 0 Å². The molecule has 2 aromatic carbocycles. The SMILES string of the molecule is CC1CCCC(c2ccc(-c3ccc(F)c(F)c3)cc2)CC1. The van der Waals surface area contributed by atoms with E-state index in [0.717, 1.165) is 17.0 Å². The fourth-order valence-electron chi connectivity index (χ4n) is 3.44. The largest absolute Gasteiger partial charge is 0.204 e. The van der Waals surface area contributed by atoms with Crippen LogP contribution in [0.4, 0.5) is 8.78 Å². The summed E-state index contributed by atoms with van der Waals surface area (Å²) in [5, 5.41) is 0. The molecule has 22 heavy (non-hydrogen) atoms. The van der Waals surface area contributed by atoms with E-state index in [9.17, 15) is 8.78 Å². The Morgan fingerprint density at radius 2 is 1.50 bits per heavy atom. The van der Waals surface area contributed by atoms with Crippen LogP contribution in [0.25, 0.3) is 11.1 Å². The van der Waals surface area contributed by atoms with Crippen molar-refractivity contribution in [2.45, 2.75) is 44.9 Å². The van der Waals surface area contributed by atoms with E-state index >= 15 is 0 Å². The number of hydrogen-bond donors (Lipinski definition) is 0. The summed E-state index contributed by atoms with van der Waals surface area (Å²) in [6.45, 7) is 2.34. The molecular formula is C20H22F2. The van der Waals surface area contributed by atoms with Crippen LogP contribution in [0, 0.1) is 17.6 Å². The van der Waals surface area contributed by atoms with E-state index in [4.69, 9.17) is 0 Å². The minimum absolute atomic E-state index is 0.643. The van der Waals surface area contributed by atoms with E-state index in [0.29, 0.717) is 5.92 Å². The lowest BCUT2D eigenvalue weighted by Gasteiger charge is -2.15. The van der Waals surface area contributed by atoms with Crippen molar-refractivity contribution < 1.29 is 8.78 Å². The van der Waals surface area contributed by atoms with Crippen molar-refractivity contribution in [2.24, 2.45) is 5.92 Å². The molecule has 2 atom stereocenters. The smallest absolute Gasteiger partial charge is 0.159 e. The summed E-state index contributed by atoms with van der Waals surface area (Å²) in [7, 11) is 0. The van der Waals surface area contributed by atoms with E-state index in [2.05, 4.69) is 19.1 Å². The lowest BCUT2D eigenvalue weighted by Crippen LogP contribution is -1.97. The van der Waals surface area contributed by atoms with Crippen molar-refractivity contribution in [1.29, 1.82) is 0 Å². The monoisotopic (exact) mass is 300 g/mol. The van der Waals surface area contributed by atoms with Crippen LogP contribution in [0.2, 0.25) is 0 Å². The Hall–Kier alpha value is -1.70. The van der Waals surface area contributed by atoms with Crippen molar-refractivity contribution in [1.82, 2.24) is 0 Å². The summed E-state index contributed by atoms with van der Waals surface area (Å²) < 4.78 is 26.4. The highest BCUT2D eigenvalue weighted by atomic mass is 19.2. The topological polar surface area (TPSA) is 0 Å². The summed E-state index contributed by atoms with van der Waals surface area (Å²) in [5.74, 6) is -0.109. The number of rotatable bonds is 2. The second kappa shape index (κ2) is 6.60. The van der Waals surface area contributed by atoms with Gasteiger partial charge < -0.3 is 0 Å². The Morgan fingerprint density at radius 1 is 0.773 bits per heavy atom. The highest BCUT2D eigenvalue weighted by Gasteiger charge is 2.17. The highest BCUT2D eigenvalue weighted by Crippen LogP contribution is 2.34. The molecule has 0 N–H and O–H groups in total. The Bertz CT molecular complexity index is 631. The van der Waals surface area contributed by atoms with E-state index in [1.807, 2.05) is 12.1 Å². The third-order valence-corrected chi connectivity index (χ3v) is 4.89. The van der Waals surface area contributed by atoms with Crippen LogP contribution in [-0.2, 0) is 0 Å². The van der Waals surface area contributed by atoms with Gasteiger partial charge in [0.05, 0.1) is 0 Å². The summed E-state index contributed by atoms with van der Waals surface area (Å²) in [6.07, 6.45) is 6.45. The van der Waals surface area contributed by atoms with Gasteiger partial charge in [-0.25, -0.2) is 8.78 Å². The maximum atomic E-state index is 13.3. The zero-order valence-corrected chi connectivity index (χ0v) is 13.0. The molecule has 0 heterocycles. The van der Waals surface area contributed by atoms with Gasteiger partial charge in [-0.1, -0.05) is 56.5 Å². The number of benzene rings is 2. The normalized spacial score (nSPS) is 22.3. The maximum absolute atomic E-state index is 13.3. The van der Waals surface area contributed by atoms with Gasteiger partial charge in [-0.2, -0.15) is 0 Å². The van der Waals surface area contributed by atoms with Crippen LogP contribution in [-0.4, -0.2) is 0 Å². The first-order valence-electron chi connectivity index (χ1n) is 8.19. The molecule has 116 valence electrons. The molecule has 1 aliphatic rings. The molecule has 0 aliphatic heterocycles. The molecule has 2 unspecified atom stereocenters. The van der Waals surface area contributed by atoms with Crippen LogP contribution in [0.5, 0.6) is 0 Å². The molecular weight excluding hydrogens is 278 g/mol. The Kier molecular flexibility index (Phi) is 4.56. The first-order chi connectivity index (χ1) is 10.6. The molecule has 2 heteroatoms. The van der Waals surface area contributed by atoms with Gasteiger partial charge in [0, 0.05) is 0 Å². The minimum atomic E-state index is -0.798.